The van der Waals surface area contributed by atoms with Crippen LogP contribution in [0.2, 0.25) is 0 Å². The number of hydrogen-bond donors (Lipinski definition) is 1. The molecule has 7 aromatic carbocycles. The second-order valence-electron chi connectivity index (χ2n) is 16.1. The maximum absolute atomic E-state index is 6.95. The highest BCUT2D eigenvalue weighted by Gasteiger charge is 2.32. The number of rotatable bonds is 7. The Hall–Kier alpha value is -6.51. The van der Waals surface area contributed by atoms with Gasteiger partial charge in [-0.3, -0.25) is 4.57 Å². The van der Waals surface area contributed by atoms with Gasteiger partial charge in [0.25, 0.3) is 0 Å². The number of nitrogens with zero attached hydrogens (tertiary/aromatic N) is 1. The topological polar surface area (TPSA) is 27.3 Å². The molecule has 0 N–H and O–H groups in total. The van der Waals surface area contributed by atoms with Gasteiger partial charge in [-0.2, -0.15) is 12.6 Å². The van der Waals surface area contributed by atoms with Crippen molar-refractivity contribution in [2.75, 3.05) is 6.61 Å². The molecule has 292 valence electrons. The van der Waals surface area contributed by atoms with E-state index in [1.807, 2.05) is 18.2 Å². The van der Waals surface area contributed by atoms with E-state index >= 15 is 0 Å². The first-order chi connectivity index (χ1) is 29.4. The van der Waals surface area contributed by atoms with Crippen molar-refractivity contribution in [3.05, 3.63) is 215 Å². The largest absolute Gasteiger partial charge is 0.438 e. The summed E-state index contributed by atoms with van der Waals surface area (Å²) in [5.41, 5.74) is 17.0. The summed E-state index contributed by atoms with van der Waals surface area (Å²) < 4.78 is 15.8. The van der Waals surface area contributed by atoms with E-state index in [1.165, 1.54) is 50.1 Å². The van der Waals surface area contributed by atoms with Crippen molar-refractivity contribution in [3.63, 3.8) is 0 Å². The molecule has 0 radical (unpaired) electrons. The summed E-state index contributed by atoms with van der Waals surface area (Å²) in [6.45, 7) is 7.08. The van der Waals surface area contributed by atoms with Crippen LogP contribution in [0.4, 0.5) is 0 Å². The lowest BCUT2D eigenvalue weighted by atomic mass is 9.82. The number of fused-ring (bicyclic) bond motifs is 5. The quantitative estimate of drug-likeness (QED) is 0.163. The number of hydrogen-bond acceptors (Lipinski definition) is 3. The van der Waals surface area contributed by atoms with Crippen molar-refractivity contribution in [2.45, 2.75) is 44.5 Å². The van der Waals surface area contributed by atoms with E-state index in [-0.39, 0.29) is 17.3 Å². The summed E-state index contributed by atoms with van der Waals surface area (Å²) in [6.07, 6.45) is 7.35. The van der Waals surface area contributed by atoms with Crippen LogP contribution in [0.15, 0.2) is 174 Å². The van der Waals surface area contributed by atoms with E-state index in [2.05, 4.69) is 189 Å². The molecule has 0 spiro atoms. The predicted molar refractivity (Wildman–Crippen MR) is 252 cm³/mol. The monoisotopic (exact) mass is 795 g/mol. The molecule has 0 bridgehead atoms. The number of furan rings is 1. The Bertz CT molecular complexity index is 3060. The number of benzene rings is 6. The standard InChI is InChI=1S/C56H45NO2S/c1-36-20-21-38(3)48(31-36)55-52(34-45-32-43(23-22-37(45)2)40-15-8-5-9-16-40)58-30-12-17-42(35-53(55)60)44-26-29-50-49(33-44)54-47-18-10-11-19-51(47)59-56(54)57(50)46-27-24-41(25-28-46)39-13-6-4-7-14-39/h4-9,11-17,19-29,31-33,35,52-53,55,60H,30,34H2,1-3H3/b17-12-,42-35+. The van der Waals surface area contributed by atoms with Gasteiger partial charge in [0.1, 0.15) is 5.58 Å². The minimum Gasteiger partial charge on any atom is -0.438 e. The summed E-state index contributed by atoms with van der Waals surface area (Å²) in [5.74, 6) is -0.0127. The van der Waals surface area contributed by atoms with Crippen molar-refractivity contribution in [2.24, 2.45) is 0 Å². The molecule has 60 heavy (non-hydrogen) atoms. The normalized spacial score (nSPS) is 18.4. The minimum atomic E-state index is -0.146. The zero-order valence-corrected chi connectivity index (χ0v) is 34.9. The maximum atomic E-state index is 6.95. The number of aryl methyl sites for hydroxylation is 3. The summed E-state index contributed by atoms with van der Waals surface area (Å²) in [5, 5.41) is 2.92. The third kappa shape index (κ3) is 7.05. The third-order valence-electron chi connectivity index (χ3n) is 12.2. The molecule has 4 heteroatoms. The van der Waals surface area contributed by atoms with Crippen LogP contribution in [0.25, 0.3) is 66.5 Å². The smallest absolute Gasteiger partial charge is 0.214 e. The van der Waals surface area contributed by atoms with Crippen LogP contribution in [0.3, 0.4) is 0 Å². The Labute approximate surface area is 357 Å². The van der Waals surface area contributed by atoms with Crippen molar-refractivity contribution < 1.29 is 9.15 Å². The molecule has 2 aromatic heterocycles. The lowest BCUT2D eigenvalue weighted by Gasteiger charge is -2.32. The molecule has 3 unspecified atom stereocenters. The van der Waals surface area contributed by atoms with Crippen LogP contribution >= 0.6 is 12.6 Å². The minimum absolute atomic E-state index is 0.0127. The maximum Gasteiger partial charge on any atom is 0.214 e. The number of thiol groups is 1. The Balaban J connectivity index is 1.07. The zero-order chi connectivity index (χ0) is 40.7. The van der Waals surface area contributed by atoms with Gasteiger partial charge in [0.05, 0.1) is 29.0 Å². The van der Waals surface area contributed by atoms with Crippen LogP contribution in [0.1, 0.15) is 39.3 Å². The second-order valence-corrected chi connectivity index (χ2v) is 16.7. The van der Waals surface area contributed by atoms with E-state index in [4.69, 9.17) is 21.8 Å². The molecule has 3 atom stereocenters. The highest BCUT2D eigenvalue weighted by molar-refractivity contribution is 7.81. The van der Waals surface area contributed by atoms with Crippen LogP contribution in [-0.4, -0.2) is 22.5 Å². The molecule has 0 amide bonds. The van der Waals surface area contributed by atoms with Crippen molar-refractivity contribution in [1.29, 1.82) is 0 Å². The van der Waals surface area contributed by atoms with Crippen molar-refractivity contribution in [3.8, 4) is 27.9 Å². The van der Waals surface area contributed by atoms with Crippen LogP contribution < -0.4 is 0 Å². The average molecular weight is 796 g/mol. The molecule has 9 aromatic rings. The van der Waals surface area contributed by atoms with Crippen LogP contribution in [0.5, 0.6) is 0 Å². The molecule has 0 saturated heterocycles. The lowest BCUT2D eigenvalue weighted by molar-refractivity contribution is 0.0551. The van der Waals surface area contributed by atoms with Gasteiger partial charge in [-0.1, -0.05) is 151 Å². The summed E-state index contributed by atoms with van der Waals surface area (Å²) in [4.78, 5) is 0. The first-order valence-electron chi connectivity index (χ1n) is 20.7. The molecule has 1 aliphatic rings. The molecule has 0 saturated carbocycles. The van der Waals surface area contributed by atoms with Crippen molar-refractivity contribution >= 4 is 51.2 Å². The SMILES string of the molecule is Cc1ccc(C)c(C2C(S)/C=C(c3ccc4c(c3)c3c5c#cccc5oc3n4-c3ccc(-c4ccccc4)cc3)\C=C/COC2Cc2cc(-c3ccccc3)ccc2C)c1. The first kappa shape index (κ1) is 37.7. The second kappa shape index (κ2) is 15.9. The van der Waals surface area contributed by atoms with Gasteiger partial charge in [0, 0.05) is 22.2 Å². The Kier molecular flexibility index (Phi) is 10.0. The number of aromatic nitrogens is 1. The van der Waals surface area contributed by atoms with Gasteiger partial charge in [-0.15, -0.1) is 0 Å². The molecular formula is C56H45NO2S. The average Bonchev–Trinajstić information content (AvgIpc) is 3.83. The first-order valence-corrected chi connectivity index (χ1v) is 21.3. The van der Waals surface area contributed by atoms with E-state index in [0.717, 1.165) is 56.2 Å². The molecule has 10 rings (SSSR count). The molecule has 1 aliphatic heterocycles. The number of ether oxygens (including phenoxy) is 1. The van der Waals surface area contributed by atoms with E-state index < -0.39 is 0 Å². The zero-order valence-electron chi connectivity index (χ0n) is 34.0. The highest BCUT2D eigenvalue weighted by Crippen LogP contribution is 2.42. The van der Waals surface area contributed by atoms with Gasteiger partial charge < -0.3 is 9.15 Å². The van der Waals surface area contributed by atoms with Crippen LogP contribution in [0, 0.1) is 32.9 Å². The molecule has 3 heterocycles. The Morgan fingerprint density at radius 3 is 2.18 bits per heavy atom. The van der Waals surface area contributed by atoms with E-state index in [9.17, 15) is 0 Å². The predicted octanol–water partition coefficient (Wildman–Crippen LogP) is 14.1. The van der Waals surface area contributed by atoms with Gasteiger partial charge in [0.15, 0.2) is 0 Å². The van der Waals surface area contributed by atoms with Gasteiger partial charge in [-0.05, 0) is 119 Å². The Morgan fingerprint density at radius 2 is 1.40 bits per heavy atom. The summed E-state index contributed by atoms with van der Waals surface area (Å²) in [7, 11) is 0. The van der Waals surface area contributed by atoms with Gasteiger partial charge in [0.2, 0.25) is 5.71 Å². The van der Waals surface area contributed by atoms with Gasteiger partial charge >= 0.3 is 0 Å². The fourth-order valence-electron chi connectivity index (χ4n) is 9.05. The number of allylic oxidation sites excluding steroid dienone is 2. The van der Waals surface area contributed by atoms with Crippen molar-refractivity contribution in [1.82, 2.24) is 4.57 Å². The molecular weight excluding hydrogens is 751 g/mol. The molecule has 0 aliphatic carbocycles. The molecule has 3 nitrogen and oxygen atoms in total. The Morgan fingerprint density at radius 1 is 0.700 bits per heavy atom. The summed E-state index contributed by atoms with van der Waals surface area (Å²) >= 11 is 5.49. The lowest BCUT2D eigenvalue weighted by Crippen LogP contribution is -2.31. The van der Waals surface area contributed by atoms with E-state index in [0.29, 0.717) is 6.61 Å². The fraction of sp³-hybridized carbons (Fsp3) is 0.143. The van der Waals surface area contributed by atoms with Gasteiger partial charge in [-0.25, -0.2) is 0 Å². The van der Waals surface area contributed by atoms with Crippen LogP contribution in [-0.2, 0) is 11.2 Å². The van der Waals surface area contributed by atoms with E-state index in [1.54, 1.807) is 0 Å². The fourth-order valence-corrected chi connectivity index (χ4v) is 9.56. The summed E-state index contributed by atoms with van der Waals surface area (Å²) in [6, 6.07) is 60.6. The third-order valence-corrected chi connectivity index (χ3v) is 12.7. The molecule has 0 fully saturated rings. The highest BCUT2D eigenvalue weighted by atomic mass is 32.1.